The average molecular weight is 171 g/mol. The summed E-state index contributed by atoms with van der Waals surface area (Å²) in [6, 6.07) is 0. The molecule has 0 aliphatic carbocycles. The molecule has 0 radical (unpaired) electrons. The van der Waals surface area contributed by atoms with Crippen molar-refractivity contribution >= 4 is 0 Å². The Balaban J connectivity index is 4.24. The fourth-order valence-electron chi connectivity index (χ4n) is 0.842. The average Bonchev–Trinajstić information content (AvgIpc) is 2.04. The van der Waals surface area contributed by atoms with Gasteiger partial charge >= 0.3 is 0 Å². The highest BCUT2D eigenvalue weighted by molar-refractivity contribution is 5.25. The van der Waals surface area contributed by atoms with Crippen molar-refractivity contribution in [3.8, 4) is 0 Å². The summed E-state index contributed by atoms with van der Waals surface area (Å²) in [4.78, 5) is 0. The lowest BCUT2D eigenvalue weighted by atomic mass is 10.1. The van der Waals surface area contributed by atoms with E-state index in [1.165, 1.54) is 6.08 Å². The second-order valence-corrected chi connectivity index (χ2v) is 3.20. The molecule has 0 rings (SSSR count). The van der Waals surface area contributed by atoms with E-state index in [1.807, 2.05) is 6.08 Å². The Kier molecular flexibility index (Phi) is 5.64. The molecule has 12 heavy (non-hydrogen) atoms. The second-order valence-electron chi connectivity index (χ2n) is 3.20. The van der Waals surface area contributed by atoms with Gasteiger partial charge in [-0.15, -0.1) is 0 Å². The number of halogens is 1. The van der Waals surface area contributed by atoms with E-state index in [4.69, 9.17) is 5.73 Å². The van der Waals surface area contributed by atoms with E-state index < -0.39 is 0 Å². The van der Waals surface area contributed by atoms with Gasteiger partial charge in [0.25, 0.3) is 0 Å². The highest BCUT2D eigenvalue weighted by Crippen LogP contribution is 2.12. The lowest BCUT2D eigenvalue weighted by Gasteiger charge is -2.03. The van der Waals surface area contributed by atoms with Gasteiger partial charge in [-0.25, -0.2) is 4.39 Å². The molecule has 0 aromatic heterocycles. The Labute approximate surface area is 74.1 Å². The molecule has 1 nitrogen and oxygen atoms in total. The molecule has 0 unspecified atom stereocenters. The van der Waals surface area contributed by atoms with E-state index in [0.717, 1.165) is 6.42 Å². The van der Waals surface area contributed by atoms with Gasteiger partial charge in [-0.1, -0.05) is 26.0 Å². The summed E-state index contributed by atoms with van der Waals surface area (Å²) < 4.78 is 13.0. The molecule has 0 heterocycles. The minimum Gasteiger partial charge on any atom is -0.326 e. The third-order valence-electron chi connectivity index (χ3n) is 1.62. The summed E-state index contributed by atoms with van der Waals surface area (Å²) in [5.41, 5.74) is 6.00. The van der Waals surface area contributed by atoms with Gasteiger partial charge in [0, 0.05) is 6.54 Å². The van der Waals surface area contributed by atoms with Crippen LogP contribution in [0.2, 0.25) is 0 Å². The molecule has 2 N–H and O–H groups in total. The number of rotatable bonds is 4. The maximum absolute atomic E-state index is 13.0. The minimum absolute atomic E-state index is 0.196. The number of hydrogen-bond acceptors (Lipinski definition) is 1. The first-order valence-electron chi connectivity index (χ1n) is 4.33. The van der Waals surface area contributed by atoms with Crippen molar-refractivity contribution < 1.29 is 4.39 Å². The van der Waals surface area contributed by atoms with Crippen molar-refractivity contribution in [2.75, 3.05) is 6.54 Å². The van der Waals surface area contributed by atoms with Crippen LogP contribution in [0.15, 0.2) is 23.6 Å². The van der Waals surface area contributed by atoms with Crippen LogP contribution in [0.3, 0.4) is 0 Å². The largest absolute Gasteiger partial charge is 0.326 e. The van der Waals surface area contributed by atoms with Crippen molar-refractivity contribution in [2.24, 2.45) is 11.7 Å². The first kappa shape index (κ1) is 11.4. The fraction of sp³-hybridized carbons (Fsp3) is 0.600. The standard InChI is InChI=1S/C10H18FN/c1-4-10(11)9(7-12)6-5-8(2)3/h4,6,8H,5,7,12H2,1-3H3/b9-6?,10-4+. The number of allylic oxidation sites excluding steroid dienone is 2. The van der Waals surface area contributed by atoms with Crippen LogP contribution in [0.5, 0.6) is 0 Å². The van der Waals surface area contributed by atoms with Crippen LogP contribution in [0.1, 0.15) is 27.2 Å². The molecule has 0 bridgehead atoms. The molecule has 0 amide bonds. The second kappa shape index (κ2) is 5.95. The normalized spacial score (nSPS) is 14.2. The Morgan fingerprint density at radius 1 is 1.50 bits per heavy atom. The van der Waals surface area contributed by atoms with Crippen LogP contribution < -0.4 is 5.73 Å². The van der Waals surface area contributed by atoms with E-state index in [9.17, 15) is 4.39 Å². The smallest absolute Gasteiger partial charge is 0.123 e. The predicted octanol–water partition coefficient (Wildman–Crippen LogP) is 2.79. The molecule has 0 saturated heterocycles. The molecule has 70 valence electrons. The van der Waals surface area contributed by atoms with Gasteiger partial charge in [0.2, 0.25) is 0 Å². The Morgan fingerprint density at radius 3 is 2.42 bits per heavy atom. The zero-order chi connectivity index (χ0) is 9.56. The SMILES string of the molecule is C/C=C(/F)C(=CCC(C)C)CN. The quantitative estimate of drug-likeness (QED) is 0.647. The van der Waals surface area contributed by atoms with Gasteiger partial charge in [-0.05, 0) is 24.8 Å². The van der Waals surface area contributed by atoms with Crippen LogP contribution in [-0.4, -0.2) is 6.54 Å². The van der Waals surface area contributed by atoms with Crippen LogP contribution in [0.25, 0.3) is 0 Å². The molecule has 0 spiro atoms. The Hall–Kier alpha value is -0.630. The summed E-state index contributed by atoms with van der Waals surface area (Å²) in [6.45, 7) is 6.15. The molecule has 0 fully saturated rings. The molecule has 0 aromatic rings. The molecule has 0 aliphatic rings. The van der Waals surface area contributed by atoms with Crippen molar-refractivity contribution in [1.82, 2.24) is 0 Å². The maximum atomic E-state index is 13.0. The van der Waals surface area contributed by atoms with Crippen molar-refractivity contribution in [1.29, 1.82) is 0 Å². The van der Waals surface area contributed by atoms with E-state index in [-0.39, 0.29) is 12.4 Å². The van der Waals surface area contributed by atoms with Gasteiger partial charge in [-0.2, -0.15) is 0 Å². The molecule has 2 heteroatoms. The van der Waals surface area contributed by atoms with Crippen LogP contribution >= 0.6 is 0 Å². The van der Waals surface area contributed by atoms with Crippen LogP contribution in [0.4, 0.5) is 4.39 Å². The number of nitrogens with two attached hydrogens (primary N) is 1. The fourth-order valence-corrected chi connectivity index (χ4v) is 0.842. The zero-order valence-electron chi connectivity index (χ0n) is 8.10. The van der Waals surface area contributed by atoms with Crippen molar-refractivity contribution in [3.05, 3.63) is 23.6 Å². The summed E-state index contributed by atoms with van der Waals surface area (Å²) >= 11 is 0. The molecular formula is C10H18FN. The summed E-state index contributed by atoms with van der Waals surface area (Å²) in [7, 11) is 0. The molecular weight excluding hydrogens is 153 g/mol. The summed E-state index contributed by atoms with van der Waals surface area (Å²) in [5, 5.41) is 0. The molecule has 0 aliphatic heterocycles. The first-order chi connectivity index (χ1) is 5.61. The van der Waals surface area contributed by atoms with Gasteiger partial charge in [0.15, 0.2) is 0 Å². The lowest BCUT2D eigenvalue weighted by molar-refractivity contribution is 0.629. The van der Waals surface area contributed by atoms with Gasteiger partial charge in [0.05, 0.1) is 0 Å². The topological polar surface area (TPSA) is 26.0 Å². The van der Waals surface area contributed by atoms with Crippen LogP contribution in [0, 0.1) is 5.92 Å². The van der Waals surface area contributed by atoms with Gasteiger partial charge in [-0.3, -0.25) is 0 Å². The summed E-state index contributed by atoms with van der Waals surface area (Å²) in [5.74, 6) is 0.356. The Morgan fingerprint density at radius 2 is 2.08 bits per heavy atom. The van der Waals surface area contributed by atoms with E-state index in [1.54, 1.807) is 6.92 Å². The van der Waals surface area contributed by atoms with Gasteiger partial charge in [0.1, 0.15) is 5.83 Å². The first-order valence-corrected chi connectivity index (χ1v) is 4.33. The van der Waals surface area contributed by atoms with Crippen molar-refractivity contribution in [3.63, 3.8) is 0 Å². The third-order valence-corrected chi connectivity index (χ3v) is 1.62. The predicted molar refractivity (Wildman–Crippen MR) is 51.5 cm³/mol. The Bertz CT molecular complexity index is 180. The molecule has 0 aromatic carbocycles. The molecule has 0 atom stereocenters. The van der Waals surface area contributed by atoms with Crippen LogP contribution in [-0.2, 0) is 0 Å². The highest BCUT2D eigenvalue weighted by Gasteiger charge is 2.00. The van der Waals surface area contributed by atoms with Gasteiger partial charge < -0.3 is 5.73 Å². The van der Waals surface area contributed by atoms with E-state index >= 15 is 0 Å². The minimum atomic E-state index is -0.196. The summed E-state index contributed by atoms with van der Waals surface area (Å²) in [6.07, 6.45) is 4.20. The number of hydrogen-bond donors (Lipinski definition) is 1. The van der Waals surface area contributed by atoms with E-state index in [0.29, 0.717) is 11.5 Å². The van der Waals surface area contributed by atoms with E-state index in [2.05, 4.69) is 13.8 Å². The third kappa shape index (κ3) is 4.29. The maximum Gasteiger partial charge on any atom is 0.123 e. The highest BCUT2D eigenvalue weighted by atomic mass is 19.1. The molecule has 0 saturated carbocycles. The lowest BCUT2D eigenvalue weighted by Crippen LogP contribution is -2.04. The van der Waals surface area contributed by atoms with Crippen molar-refractivity contribution in [2.45, 2.75) is 27.2 Å². The zero-order valence-corrected chi connectivity index (χ0v) is 8.10. The monoisotopic (exact) mass is 171 g/mol.